The van der Waals surface area contributed by atoms with Gasteiger partial charge in [-0.2, -0.15) is 0 Å². The second-order valence-corrected chi connectivity index (χ2v) is 2.37. The molecule has 11 heavy (non-hydrogen) atoms. The molecule has 58 valence electrons. The van der Waals surface area contributed by atoms with Crippen LogP contribution >= 0.6 is 0 Å². The van der Waals surface area contributed by atoms with E-state index in [0.29, 0.717) is 5.69 Å². The molecule has 1 rings (SSSR count). The molecule has 0 aliphatic rings. The molecule has 2 nitrogen and oxygen atoms in total. The zero-order chi connectivity index (χ0) is 7.56. The molecule has 0 aliphatic heterocycles. The van der Waals surface area contributed by atoms with Gasteiger partial charge < -0.3 is 12.4 Å². The molecule has 1 aromatic carbocycles. The molecule has 3 heteroatoms. The standard InChI is InChI=1S/C8H9N2.ClH/c1-6-3-4-8(10-9)5-7(6)2;/h3-5H,1-2H3;1H/q+1;/p-1. The van der Waals surface area contributed by atoms with Gasteiger partial charge in [0.15, 0.2) is 4.98 Å². The quantitative estimate of drug-likeness (QED) is 0.493. The smallest absolute Gasteiger partial charge is 0.385 e. The van der Waals surface area contributed by atoms with Gasteiger partial charge in [0, 0.05) is 12.1 Å². The van der Waals surface area contributed by atoms with Crippen LogP contribution in [0.3, 0.4) is 0 Å². The van der Waals surface area contributed by atoms with Crippen molar-refractivity contribution >= 4 is 5.69 Å². The maximum absolute atomic E-state index is 8.38. The van der Waals surface area contributed by atoms with E-state index in [1.54, 1.807) is 6.07 Å². The topological polar surface area (TPSA) is 28.1 Å². The lowest BCUT2D eigenvalue weighted by Crippen LogP contribution is -3.00. The molecule has 0 unspecified atom stereocenters. The van der Waals surface area contributed by atoms with E-state index in [4.69, 9.17) is 5.39 Å². The second kappa shape index (κ2) is 3.95. The summed E-state index contributed by atoms with van der Waals surface area (Å²) >= 11 is 0. The Balaban J connectivity index is 0.000001000. The highest BCUT2D eigenvalue weighted by Gasteiger charge is 2.03. The van der Waals surface area contributed by atoms with E-state index in [2.05, 4.69) is 4.98 Å². The van der Waals surface area contributed by atoms with E-state index in [0.717, 1.165) is 5.56 Å². The third-order valence-electron chi connectivity index (χ3n) is 1.61. The minimum atomic E-state index is 0. The van der Waals surface area contributed by atoms with Gasteiger partial charge >= 0.3 is 5.69 Å². The molecule has 0 saturated heterocycles. The summed E-state index contributed by atoms with van der Waals surface area (Å²) < 4.78 is 0. The van der Waals surface area contributed by atoms with Crippen molar-refractivity contribution in [2.24, 2.45) is 0 Å². The first-order chi connectivity index (χ1) is 4.74. The summed E-state index contributed by atoms with van der Waals surface area (Å²) in [4.78, 5) is 3.07. The van der Waals surface area contributed by atoms with Gasteiger partial charge in [0.05, 0.1) is 0 Å². The number of aryl methyl sites for hydroxylation is 2. The summed E-state index contributed by atoms with van der Waals surface area (Å²) in [7, 11) is 0. The number of hydrogen-bond acceptors (Lipinski definition) is 1. The van der Waals surface area contributed by atoms with E-state index in [1.165, 1.54) is 5.56 Å². The molecule has 0 aliphatic carbocycles. The predicted molar refractivity (Wildman–Crippen MR) is 40.7 cm³/mol. The normalized spacial score (nSPS) is 8.09. The van der Waals surface area contributed by atoms with Crippen LogP contribution in [0.1, 0.15) is 11.1 Å². The number of diazo groups is 1. The van der Waals surface area contributed by atoms with E-state index in [1.807, 2.05) is 26.0 Å². The first-order valence-corrected chi connectivity index (χ1v) is 3.16. The van der Waals surface area contributed by atoms with Gasteiger partial charge in [-0.25, -0.2) is 0 Å². The van der Waals surface area contributed by atoms with Crippen molar-refractivity contribution in [3.63, 3.8) is 0 Å². The highest BCUT2D eigenvalue weighted by Crippen LogP contribution is 2.16. The largest absolute Gasteiger partial charge is 1.00 e. The summed E-state index contributed by atoms with van der Waals surface area (Å²) in [6.07, 6.45) is 0. The fourth-order valence-corrected chi connectivity index (χ4v) is 0.788. The first kappa shape index (κ1) is 9.93. The molecule has 0 N–H and O–H groups in total. The Kier molecular flexibility index (Phi) is 3.56. The Morgan fingerprint density at radius 3 is 2.27 bits per heavy atom. The lowest BCUT2D eigenvalue weighted by Gasteiger charge is -1.92. The van der Waals surface area contributed by atoms with Gasteiger partial charge in [0.25, 0.3) is 0 Å². The summed E-state index contributed by atoms with van der Waals surface area (Å²) in [5.41, 5.74) is 2.98. The van der Waals surface area contributed by atoms with E-state index in [-0.39, 0.29) is 12.4 Å². The maximum atomic E-state index is 8.38. The van der Waals surface area contributed by atoms with Gasteiger partial charge in [0.2, 0.25) is 5.39 Å². The van der Waals surface area contributed by atoms with Gasteiger partial charge in [-0.3, -0.25) is 0 Å². The number of halogens is 1. The van der Waals surface area contributed by atoms with Crippen LogP contribution in [0.4, 0.5) is 5.69 Å². The van der Waals surface area contributed by atoms with Gasteiger partial charge in [-0.1, -0.05) is 6.07 Å². The van der Waals surface area contributed by atoms with Crippen LogP contribution in [0.25, 0.3) is 4.98 Å². The molecule has 0 atom stereocenters. The predicted octanol–water partition coefficient (Wildman–Crippen LogP) is -0.208. The lowest BCUT2D eigenvalue weighted by atomic mass is 10.1. The van der Waals surface area contributed by atoms with Crippen molar-refractivity contribution in [1.29, 1.82) is 5.39 Å². The summed E-state index contributed by atoms with van der Waals surface area (Å²) in [5.74, 6) is 0. The molecule has 0 spiro atoms. The van der Waals surface area contributed by atoms with Crippen LogP contribution in [0, 0.1) is 19.2 Å². The third-order valence-corrected chi connectivity index (χ3v) is 1.61. The molecule has 0 saturated carbocycles. The van der Waals surface area contributed by atoms with Crippen LogP contribution in [-0.2, 0) is 0 Å². The lowest BCUT2D eigenvalue weighted by molar-refractivity contribution is -0.00000242. The van der Waals surface area contributed by atoms with E-state index >= 15 is 0 Å². The highest BCUT2D eigenvalue weighted by atomic mass is 35.5. The zero-order valence-corrected chi connectivity index (χ0v) is 7.26. The van der Waals surface area contributed by atoms with Crippen LogP contribution < -0.4 is 12.4 Å². The molecule has 0 radical (unpaired) electrons. The van der Waals surface area contributed by atoms with Crippen molar-refractivity contribution in [2.45, 2.75) is 13.8 Å². The van der Waals surface area contributed by atoms with Crippen LogP contribution in [0.5, 0.6) is 0 Å². The van der Waals surface area contributed by atoms with Crippen molar-refractivity contribution in [3.8, 4) is 0 Å². The zero-order valence-electron chi connectivity index (χ0n) is 6.50. The first-order valence-electron chi connectivity index (χ1n) is 3.16. The van der Waals surface area contributed by atoms with Crippen molar-refractivity contribution in [3.05, 3.63) is 34.3 Å². The Bertz CT molecular complexity index is 289. The maximum Gasteiger partial charge on any atom is 0.385 e. The fourth-order valence-electron chi connectivity index (χ4n) is 0.788. The molecule has 0 aromatic heterocycles. The van der Waals surface area contributed by atoms with Gasteiger partial charge in [-0.05, 0) is 25.0 Å². The highest BCUT2D eigenvalue weighted by molar-refractivity contribution is 5.48. The minimum absolute atomic E-state index is 0. The Morgan fingerprint density at radius 1 is 1.18 bits per heavy atom. The average Bonchev–Trinajstić information content (AvgIpc) is 1.95. The molecular formula is C8H9ClN2. The number of rotatable bonds is 0. The second-order valence-electron chi connectivity index (χ2n) is 2.37. The monoisotopic (exact) mass is 168 g/mol. The number of benzene rings is 1. The van der Waals surface area contributed by atoms with Crippen LogP contribution in [-0.4, -0.2) is 0 Å². The van der Waals surface area contributed by atoms with Crippen LogP contribution in [0.2, 0.25) is 0 Å². The average molecular weight is 169 g/mol. The van der Waals surface area contributed by atoms with Crippen molar-refractivity contribution in [1.82, 2.24) is 0 Å². The Hall–Kier alpha value is -1.07. The fraction of sp³-hybridized carbons (Fsp3) is 0.250. The number of hydrogen-bond donors (Lipinski definition) is 0. The summed E-state index contributed by atoms with van der Waals surface area (Å²) in [6, 6.07) is 5.56. The summed E-state index contributed by atoms with van der Waals surface area (Å²) in [6.45, 7) is 4.01. The molecule has 0 amide bonds. The molecule has 0 bridgehead atoms. The summed E-state index contributed by atoms with van der Waals surface area (Å²) in [5, 5.41) is 8.38. The van der Waals surface area contributed by atoms with Crippen LogP contribution in [0.15, 0.2) is 18.2 Å². The van der Waals surface area contributed by atoms with Crippen molar-refractivity contribution in [2.75, 3.05) is 0 Å². The third kappa shape index (κ3) is 2.21. The molecular weight excluding hydrogens is 160 g/mol. The molecule has 0 fully saturated rings. The van der Waals surface area contributed by atoms with Gasteiger partial charge in [0.1, 0.15) is 0 Å². The van der Waals surface area contributed by atoms with Crippen molar-refractivity contribution < 1.29 is 12.4 Å². The Labute approximate surface area is 72.3 Å². The molecule has 0 heterocycles. The Morgan fingerprint density at radius 2 is 1.82 bits per heavy atom. The van der Waals surface area contributed by atoms with E-state index in [9.17, 15) is 0 Å². The molecule has 1 aromatic rings. The SMILES string of the molecule is Cc1ccc([N+]#N)cc1C.[Cl-]. The number of nitrogens with zero attached hydrogens (tertiary/aromatic N) is 2. The van der Waals surface area contributed by atoms with E-state index < -0.39 is 0 Å². The van der Waals surface area contributed by atoms with Gasteiger partial charge in [-0.15, -0.1) is 0 Å². The minimum Gasteiger partial charge on any atom is -1.00 e.